The Morgan fingerprint density at radius 3 is 3.12 bits per heavy atom. The molecule has 0 bridgehead atoms. The van der Waals surface area contributed by atoms with Gasteiger partial charge in [-0.2, -0.15) is 5.26 Å². The third-order valence-electron chi connectivity index (χ3n) is 2.59. The number of rotatable bonds is 1. The molecule has 1 amide bonds. The maximum Gasteiger partial charge on any atom is 0.250 e. The lowest BCUT2D eigenvalue weighted by atomic mass is 10.1. The number of carbonyl (C=O) groups is 1. The van der Waals surface area contributed by atoms with Crippen LogP contribution in [0, 0.1) is 11.3 Å². The van der Waals surface area contributed by atoms with Crippen molar-refractivity contribution in [2.45, 2.75) is 12.8 Å². The summed E-state index contributed by atoms with van der Waals surface area (Å²) in [7, 11) is 0. The van der Waals surface area contributed by atoms with Gasteiger partial charge in [0.2, 0.25) is 5.91 Å². The zero-order valence-corrected chi connectivity index (χ0v) is 8.81. The Morgan fingerprint density at radius 2 is 2.44 bits per heavy atom. The number of aryl methyl sites for hydroxylation is 1. The molecule has 80 valence electrons. The number of nitrogens with zero attached hydrogens (tertiary/aromatic N) is 3. The molecule has 4 nitrogen and oxygen atoms in total. The van der Waals surface area contributed by atoms with Gasteiger partial charge in [0.05, 0.1) is 11.4 Å². The third-order valence-corrected chi connectivity index (χ3v) is 2.59. The minimum absolute atomic E-state index is 0.118. The summed E-state index contributed by atoms with van der Waals surface area (Å²) in [6.45, 7) is 4.16. The second kappa shape index (κ2) is 4.15. The highest BCUT2D eigenvalue weighted by atomic mass is 16.2. The van der Waals surface area contributed by atoms with Crippen molar-refractivity contribution in [3.8, 4) is 6.07 Å². The highest BCUT2D eigenvalue weighted by Crippen LogP contribution is 2.25. The molecule has 0 spiro atoms. The van der Waals surface area contributed by atoms with Crippen molar-refractivity contribution in [1.82, 2.24) is 4.98 Å². The van der Waals surface area contributed by atoms with Crippen molar-refractivity contribution >= 4 is 11.6 Å². The highest BCUT2D eigenvalue weighted by Gasteiger charge is 2.21. The molecule has 4 heteroatoms. The topological polar surface area (TPSA) is 57.0 Å². The maximum absolute atomic E-state index is 11.6. The van der Waals surface area contributed by atoms with E-state index in [1.165, 1.54) is 6.08 Å². The summed E-state index contributed by atoms with van der Waals surface area (Å²) in [5, 5.41) is 8.75. The number of hydrogen-bond donors (Lipinski definition) is 0. The second-order valence-corrected chi connectivity index (χ2v) is 3.57. The van der Waals surface area contributed by atoms with E-state index in [1.54, 1.807) is 17.0 Å². The van der Waals surface area contributed by atoms with Gasteiger partial charge in [-0.05, 0) is 31.1 Å². The molecular weight excluding hydrogens is 202 g/mol. The monoisotopic (exact) mass is 213 g/mol. The zero-order chi connectivity index (χ0) is 11.5. The standard InChI is InChI=1S/C12H11N3O/c1-2-12(16)15-7-3-4-10-11(15)6-5-9(8-13)14-10/h2,5-6H,1,3-4,7H2. The number of amides is 1. The summed E-state index contributed by atoms with van der Waals surface area (Å²) < 4.78 is 0. The second-order valence-electron chi connectivity index (χ2n) is 3.57. The normalized spacial score (nSPS) is 13.8. The van der Waals surface area contributed by atoms with Gasteiger partial charge in [-0.15, -0.1) is 0 Å². The maximum atomic E-state index is 11.6. The smallest absolute Gasteiger partial charge is 0.250 e. The minimum atomic E-state index is -0.118. The number of hydrogen-bond acceptors (Lipinski definition) is 3. The SMILES string of the molecule is C=CC(=O)N1CCCc2nc(C#N)ccc21. The Balaban J connectivity index is 2.44. The summed E-state index contributed by atoms with van der Waals surface area (Å²) in [6.07, 6.45) is 2.98. The lowest BCUT2D eigenvalue weighted by Crippen LogP contribution is -2.34. The highest BCUT2D eigenvalue weighted by molar-refractivity contribution is 6.01. The molecule has 2 rings (SSSR count). The quantitative estimate of drug-likeness (QED) is 0.663. The summed E-state index contributed by atoms with van der Waals surface area (Å²) >= 11 is 0. The van der Waals surface area contributed by atoms with Gasteiger partial charge < -0.3 is 4.90 Å². The van der Waals surface area contributed by atoms with Crippen LogP contribution in [0.5, 0.6) is 0 Å². The average molecular weight is 213 g/mol. The van der Waals surface area contributed by atoms with Crippen LogP contribution < -0.4 is 4.90 Å². The molecule has 0 aliphatic carbocycles. The van der Waals surface area contributed by atoms with Gasteiger partial charge in [-0.3, -0.25) is 4.79 Å². The summed E-state index contributed by atoms with van der Waals surface area (Å²) in [5.74, 6) is -0.118. The van der Waals surface area contributed by atoms with Crippen molar-refractivity contribution < 1.29 is 4.79 Å². The predicted molar refractivity (Wildman–Crippen MR) is 59.8 cm³/mol. The third kappa shape index (κ3) is 1.68. The Kier molecular flexibility index (Phi) is 2.69. The molecule has 1 aromatic heterocycles. The molecular formula is C12H11N3O. The molecule has 0 radical (unpaired) electrons. The molecule has 16 heavy (non-hydrogen) atoms. The van der Waals surface area contributed by atoms with Gasteiger partial charge in [0, 0.05) is 6.54 Å². The van der Waals surface area contributed by atoms with Gasteiger partial charge >= 0.3 is 0 Å². The van der Waals surface area contributed by atoms with Crippen LogP contribution in [-0.4, -0.2) is 17.4 Å². The lowest BCUT2D eigenvalue weighted by Gasteiger charge is -2.27. The summed E-state index contributed by atoms with van der Waals surface area (Å²) in [4.78, 5) is 17.5. The first-order valence-corrected chi connectivity index (χ1v) is 5.10. The van der Waals surface area contributed by atoms with Crippen LogP contribution in [-0.2, 0) is 11.2 Å². The molecule has 0 N–H and O–H groups in total. The van der Waals surface area contributed by atoms with Crippen LogP contribution in [0.25, 0.3) is 0 Å². The van der Waals surface area contributed by atoms with Crippen molar-refractivity contribution in [3.05, 3.63) is 36.2 Å². The van der Waals surface area contributed by atoms with Gasteiger partial charge in [0.1, 0.15) is 11.8 Å². The number of nitriles is 1. The van der Waals surface area contributed by atoms with Crippen LogP contribution in [0.2, 0.25) is 0 Å². The number of anilines is 1. The molecule has 1 aromatic rings. The first-order chi connectivity index (χ1) is 7.76. The van der Waals surface area contributed by atoms with Gasteiger partial charge in [-0.1, -0.05) is 6.58 Å². The van der Waals surface area contributed by atoms with Crippen LogP contribution >= 0.6 is 0 Å². The molecule has 2 heterocycles. The van der Waals surface area contributed by atoms with Crippen molar-refractivity contribution in [1.29, 1.82) is 5.26 Å². The fraction of sp³-hybridized carbons (Fsp3) is 0.250. The van der Waals surface area contributed by atoms with Crippen LogP contribution in [0.4, 0.5) is 5.69 Å². The van der Waals surface area contributed by atoms with E-state index < -0.39 is 0 Å². The van der Waals surface area contributed by atoms with E-state index in [9.17, 15) is 4.79 Å². The molecule has 1 aliphatic rings. The Morgan fingerprint density at radius 1 is 1.62 bits per heavy atom. The van der Waals surface area contributed by atoms with E-state index in [1.807, 2.05) is 6.07 Å². The molecule has 0 unspecified atom stereocenters. The Hall–Kier alpha value is -2.15. The molecule has 1 aliphatic heterocycles. The summed E-state index contributed by atoms with van der Waals surface area (Å²) in [6, 6.07) is 5.41. The fourth-order valence-corrected chi connectivity index (χ4v) is 1.85. The van der Waals surface area contributed by atoms with Crippen molar-refractivity contribution in [2.75, 3.05) is 11.4 Å². The number of carbonyl (C=O) groups excluding carboxylic acids is 1. The van der Waals surface area contributed by atoms with E-state index in [0.29, 0.717) is 12.2 Å². The van der Waals surface area contributed by atoms with Gasteiger partial charge in [0.25, 0.3) is 0 Å². The van der Waals surface area contributed by atoms with Crippen LogP contribution in [0.15, 0.2) is 24.8 Å². The Labute approximate surface area is 93.8 Å². The summed E-state index contributed by atoms with van der Waals surface area (Å²) in [5.41, 5.74) is 2.02. The number of aromatic nitrogens is 1. The molecule has 0 saturated carbocycles. The van der Waals surface area contributed by atoms with Crippen molar-refractivity contribution in [3.63, 3.8) is 0 Å². The first-order valence-electron chi connectivity index (χ1n) is 5.10. The zero-order valence-electron chi connectivity index (χ0n) is 8.81. The van der Waals surface area contributed by atoms with E-state index >= 15 is 0 Å². The van der Waals surface area contributed by atoms with E-state index in [-0.39, 0.29) is 5.91 Å². The minimum Gasteiger partial charge on any atom is -0.307 e. The fourth-order valence-electron chi connectivity index (χ4n) is 1.85. The van der Waals surface area contributed by atoms with Crippen LogP contribution in [0.3, 0.4) is 0 Å². The lowest BCUT2D eigenvalue weighted by molar-refractivity contribution is -0.114. The molecule has 0 aromatic carbocycles. The number of fused-ring (bicyclic) bond motifs is 1. The van der Waals surface area contributed by atoms with Crippen molar-refractivity contribution in [2.24, 2.45) is 0 Å². The first kappa shape index (κ1) is 10.4. The molecule has 0 fully saturated rings. The van der Waals surface area contributed by atoms with Gasteiger partial charge in [0.15, 0.2) is 0 Å². The van der Waals surface area contributed by atoms with E-state index in [0.717, 1.165) is 24.2 Å². The van der Waals surface area contributed by atoms with E-state index in [2.05, 4.69) is 11.6 Å². The largest absolute Gasteiger partial charge is 0.307 e. The predicted octanol–water partition coefficient (Wildman–Crippen LogP) is 1.42. The van der Waals surface area contributed by atoms with E-state index in [4.69, 9.17) is 5.26 Å². The molecule has 0 atom stereocenters. The van der Waals surface area contributed by atoms with Gasteiger partial charge in [-0.25, -0.2) is 4.98 Å². The average Bonchev–Trinajstić information content (AvgIpc) is 2.36. The molecule has 0 saturated heterocycles. The number of pyridine rings is 1. The Bertz CT molecular complexity index is 488. The van der Waals surface area contributed by atoms with Crippen LogP contribution in [0.1, 0.15) is 17.8 Å².